The van der Waals surface area contributed by atoms with Gasteiger partial charge in [0.1, 0.15) is 0 Å². The van der Waals surface area contributed by atoms with Crippen LogP contribution in [0.15, 0.2) is 59.4 Å². The van der Waals surface area contributed by atoms with Crippen molar-refractivity contribution in [2.45, 2.75) is 6.54 Å². The lowest BCUT2D eigenvalue weighted by atomic mass is 10.2. The molecular formula is C17H13ClN6O. The van der Waals surface area contributed by atoms with Crippen LogP contribution in [0.25, 0.3) is 11.0 Å². The fourth-order valence-corrected chi connectivity index (χ4v) is 2.66. The van der Waals surface area contributed by atoms with Crippen LogP contribution in [0.2, 0.25) is 5.02 Å². The summed E-state index contributed by atoms with van der Waals surface area (Å²) in [5.41, 5.74) is 2.25. The van der Waals surface area contributed by atoms with Gasteiger partial charge < -0.3 is 5.32 Å². The molecule has 2 aromatic carbocycles. The van der Waals surface area contributed by atoms with Crippen LogP contribution in [0.3, 0.4) is 0 Å². The van der Waals surface area contributed by atoms with Gasteiger partial charge in [-0.1, -0.05) is 47.1 Å². The predicted octanol–water partition coefficient (Wildman–Crippen LogP) is 2.96. The average molecular weight is 353 g/mol. The lowest BCUT2D eigenvalue weighted by Gasteiger charge is -2.06. The molecule has 124 valence electrons. The molecular weight excluding hydrogens is 340 g/mol. The summed E-state index contributed by atoms with van der Waals surface area (Å²) in [6.45, 7) is 0.449. The smallest absolute Gasteiger partial charge is 0.292 e. The first-order chi connectivity index (χ1) is 12.2. The van der Waals surface area contributed by atoms with E-state index in [4.69, 9.17) is 11.6 Å². The fourth-order valence-electron chi connectivity index (χ4n) is 2.53. The molecule has 0 saturated heterocycles. The van der Waals surface area contributed by atoms with E-state index < -0.39 is 0 Å². The third-order valence-electron chi connectivity index (χ3n) is 3.73. The molecule has 0 fully saturated rings. The van der Waals surface area contributed by atoms with Crippen molar-refractivity contribution in [1.82, 2.24) is 25.2 Å². The molecule has 0 aliphatic rings. The van der Waals surface area contributed by atoms with Crippen molar-refractivity contribution >= 4 is 34.1 Å². The molecule has 0 atom stereocenters. The minimum Gasteiger partial charge on any atom is -0.337 e. The van der Waals surface area contributed by atoms with Gasteiger partial charge in [-0.3, -0.25) is 4.79 Å². The van der Waals surface area contributed by atoms with Crippen LogP contribution in [0.4, 0.5) is 11.5 Å². The highest BCUT2D eigenvalue weighted by Crippen LogP contribution is 2.21. The van der Waals surface area contributed by atoms with E-state index in [-0.39, 0.29) is 5.56 Å². The zero-order valence-corrected chi connectivity index (χ0v) is 13.7. The molecule has 0 amide bonds. The first kappa shape index (κ1) is 15.3. The van der Waals surface area contributed by atoms with Gasteiger partial charge in [0.15, 0.2) is 16.9 Å². The van der Waals surface area contributed by atoms with E-state index in [9.17, 15) is 4.79 Å². The summed E-state index contributed by atoms with van der Waals surface area (Å²) in [6, 6.07) is 16.9. The SMILES string of the molecule is O=c1[nH]nc(Nc2ccc(Cl)cc2)c2nnn(Cc3ccccc3)c12. The van der Waals surface area contributed by atoms with Crippen molar-refractivity contribution in [1.29, 1.82) is 0 Å². The predicted molar refractivity (Wildman–Crippen MR) is 96.2 cm³/mol. The maximum absolute atomic E-state index is 12.2. The minimum atomic E-state index is -0.336. The number of fused-ring (bicyclic) bond motifs is 1. The van der Waals surface area contributed by atoms with Crippen LogP contribution < -0.4 is 10.9 Å². The standard InChI is InChI=1S/C17H13ClN6O/c18-12-6-8-13(9-7-12)19-16-14-15(17(25)22-21-16)24(23-20-14)10-11-4-2-1-3-5-11/h1-9H,10H2,(H,19,21)(H,22,25). The molecule has 2 heterocycles. The monoisotopic (exact) mass is 352 g/mol. The number of nitrogens with zero attached hydrogens (tertiary/aromatic N) is 4. The quantitative estimate of drug-likeness (QED) is 0.589. The Balaban J connectivity index is 1.74. The molecule has 0 saturated carbocycles. The Morgan fingerprint density at radius 3 is 2.60 bits per heavy atom. The molecule has 0 spiro atoms. The third-order valence-corrected chi connectivity index (χ3v) is 3.98. The van der Waals surface area contributed by atoms with Crippen molar-refractivity contribution in [3.8, 4) is 0 Å². The van der Waals surface area contributed by atoms with Gasteiger partial charge in [-0.25, -0.2) is 9.78 Å². The number of rotatable bonds is 4. The highest BCUT2D eigenvalue weighted by Gasteiger charge is 2.15. The summed E-state index contributed by atoms with van der Waals surface area (Å²) in [6.07, 6.45) is 0. The van der Waals surface area contributed by atoms with Crippen LogP contribution >= 0.6 is 11.6 Å². The molecule has 0 unspecified atom stereocenters. The zero-order chi connectivity index (χ0) is 17.2. The van der Waals surface area contributed by atoms with Crippen molar-refractivity contribution in [2.75, 3.05) is 5.32 Å². The number of aromatic amines is 1. The number of halogens is 1. The summed E-state index contributed by atoms with van der Waals surface area (Å²) in [5, 5.41) is 18.5. The maximum atomic E-state index is 12.2. The van der Waals surface area contributed by atoms with Gasteiger partial charge in [-0.05, 0) is 29.8 Å². The molecule has 0 radical (unpaired) electrons. The average Bonchev–Trinajstić information content (AvgIpc) is 3.05. The highest BCUT2D eigenvalue weighted by atomic mass is 35.5. The maximum Gasteiger partial charge on any atom is 0.292 e. The second kappa shape index (κ2) is 6.37. The van der Waals surface area contributed by atoms with Crippen molar-refractivity contribution in [2.24, 2.45) is 0 Å². The summed E-state index contributed by atoms with van der Waals surface area (Å²) in [5.74, 6) is 0.427. The van der Waals surface area contributed by atoms with Gasteiger partial charge in [0.25, 0.3) is 5.56 Å². The summed E-state index contributed by atoms with van der Waals surface area (Å²) in [4.78, 5) is 12.2. The van der Waals surface area contributed by atoms with Crippen LogP contribution in [-0.2, 0) is 6.54 Å². The number of hydrogen-bond acceptors (Lipinski definition) is 5. The lowest BCUT2D eigenvalue weighted by molar-refractivity contribution is 0.667. The molecule has 0 aliphatic carbocycles. The first-order valence-electron chi connectivity index (χ1n) is 7.59. The number of anilines is 2. The molecule has 4 aromatic rings. The van der Waals surface area contributed by atoms with E-state index in [1.165, 1.54) is 0 Å². The number of nitrogens with one attached hydrogen (secondary N) is 2. The van der Waals surface area contributed by atoms with Crippen LogP contribution in [0.1, 0.15) is 5.56 Å². The fraction of sp³-hybridized carbons (Fsp3) is 0.0588. The van der Waals surface area contributed by atoms with Gasteiger partial charge in [-0.2, -0.15) is 5.10 Å². The molecule has 2 N–H and O–H groups in total. The Kier molecular flexibility index (Phi) is 3.91. The highest BCUT2D eigenvalue weighted by molar-refractivity contribution is 6.30. The molecule has 4 rings (SSSR count). The Morgan fingerprint density at radius 2 is 1.84 bits per heavy atom. The van der Waals surface area contributed by atoms with E-state index in [1.807, 2.05) is 42.5 Å². The van der Waals surface area contributed by atoms with Crippen LogP contribution in [0, 0.1) is 0 Å². The molecule has 7 nitrogen and oxygen atoms in total. The second-order valence-electron chi connectivity index (χ2n) is 5.46. The van der Waals surface area contributed by atoms with Crippen molar-refractivity contribution < 1.29 is 0 Å². The molecule has 8 heteroatoms. The Hall–Kier alpha value is -3.19. The lowest BCUT2D eigenvalue weighted by Crippen LogP contribution is -2.15. The van der Waals surface area contributed by atoms with Crippen LogP contribution in [-0.4, -0.2) is 25.2 Å². The zero-order valence-electron chi connectivity index (χ0n) is 13.0. The number of aromatic nitrogens is 5. The van der Waals surface area contributed by atoms with Gasteiger partial charge >= 0.3 is 0 Å². The van der Waals surface area contributed by atoms with E-state index >= 15 is 0 Å². The topological polar surface area (TPSA) is 88.5 Å². The molecule has 2 aromatic heterocycles. The number of hydrogen-bond donors (Lipinski definition) is 2. The third kappa shape index (κ3) is 3.09. The summed E-state index contributed by atoms with van der Waals surface area (Å²) in [7, 11) is 0. The molecule has 0 aliphatic heterocycles. The minimum absolute atomic E-state index is 0.336. The normalized spacial score (nSPS) is 10.9. The Labute approximate surface area is 147 Å². The van der Waals surface area contributed by atoms with Gasteiger partial charge in [0.2, 0.25) is 0 Å². The Bertz CT molecular complexity index is 1070. The number of benzene rings is 2. The van der Waals surface area contributed by atoms with Gasteiger partial charge in [-0.15, -0.1) is 5.10 Å². The van der Waals surface area contributed by atoms with E-state index in [1.54, 1.807) is 16.8 Å². The second-order valence-corrected chi connectivity index (χ2v) is 5.90. The molecule has 0 bridgehead atoms. The van der Waals surface area contributed by atoms with Crippen molar-refractivity contribution in [3.63, 3.8) is 0 Å². The van der Waals surface area contributed by atoms with Crippen LogP contribution in [0.5, 0.6) is 0 Å². The van der Waals surface area contributed by atoms with Gasteiger partial charge in [0.05, 0.1) is 6.54 Å². The van der Waals surface area contributed by atoms with Crippen molar-refractivity contribution in [3.05, 3.63) is 75.5 Å². The van der Waals surface area contributed by atoms with E-state index in [0.717, 1.165) is 11.3 Å². The van der Waals surface area contributed by atoms with E-state index in [2.05, 4.69) is 25.8 Å². The van der Waals surface area contributed by atoms with Gasteiger partial charge in [0, 0.05) is 10.7 Å². The largest absolute Gasteiger partial charge is 0.337 e. The number of H-pyrrole nitrogens is 1. The Morgan fingerprint density at radius 1 is 1.08 bits per heavy atom. The summed E-state index contributed by atoms with van der Waals surface area (Å²) >= 11 is 5.89. The summed E-state index contributed by atoms with van der Waals surface area (Å²) < 4.78 is 1.57. The van der Waals surface area contributed by atoms with E-state index in [0.29, 0.717) is 28.4 Å². The molecule has 25 heavy (non-hydrogen) atoms. The first-order valence-corrected chi connectivity index (χ1v) is 7.97.